The molecule has 21 heavy (non-hydrogen) atoms. The number of amides is 1. The van der Waals surface area contributed by atoms with E-state index in [1.165, 1.54) is 23.6 Å². The molecule has 6 nitrogen and oxygen atoms in total. The van der Waals surface area contributed by atoms with Crippen LogP contribution < -0.4 is 5.32 Å². The summed E-state index contributed by atoms with van der Waals surface area (Å²) >= 11 is 1.53. The van der Waals surface area contributed by atoms with Gasteiger partial charge in [0.15, 0.2) is 5.82 Å². The third-order valence-corrected chi connectivity index (χ3v) is 3.58. The van der Waals surface area contributed by atoms with Gasteiger partial charge >= 0.3 is 0 Å². The summed E-state index contributed by atoms with van der Waals surface area (Å²) in [5.74, 6) is -1.17. The Labute approximate surface area is 123 Å². The summed E-state index contributed by atoms with van der Waals surface area (Å²) in [6, 6.07) is 5.15. The normalized spacial score (nSPS) is 10.5. The van der Waals surface area contributed by atoms with Crippen LogP contribution in [0.1, 0.15) is 16.1 Å². The van der Waals surface area contributed by atoms with Crippen LogP contribution in [-0.2, 0) is 6.54 Å². The number of halogens is 1. The summed E-state index contributed by atoms with van der Waals surface area (Å²) in [4.78, 5) is 15.4. The number of nitrogens with zero attached hydrogens (tertiary/aromatic N) is 4. The molecule has 0 atom stereocenters. The molecule has 0 aliphatic heterocycles. The lowest BCUT2D eigenvalue weighted by Gasteiger charge is -2.03. The number of hydrogen-bond donors (Lipinski definition) is 1. The highest BCUT2D eigenvalue weighted by atomic mass is 32.1. The second-order valence-corrected chi connectivity index (χ2v) is 5.07. The molecule has 1 amide bonds. The van der Waals surface area contributed by atoms with Crippen molar-refractivity contribution in [3.63, 3.8) is 0 Å². The Balaban J connectivity index is 1.66. The SMILES string of the molecule is O=C(NCc1cn(-c2cccs2)nn1)c1ccncc1F. The molecule has 0 aliphatic carbocycles. The van der Waals surface area contributed by atoms with E-state index in [2.05, 4.69) is 20.6 Å². The topological polar surface area (TPSA) is 72.7 Å². The minimum atomic E-state index is -0.655. The minimum Gasteiger partial charge on any atom is -0.346 e. The van der Waals surface area contributed by atoms with Crippen LogP contribution in [0.3, 0.4) is 0 Å². The van der Waals surface area contributed by atoms with E-state index in [-0.39, 0.29) is 12.1 Å². The first kappa shape index (κ1) is 13.4. The minimum absolute atomic E-state index is 0.0457. The van der Waals surface area contributed by atoms with E-state index in [9.17, 15) is 9.18 Å². The number of thiophene rings is 1. The Bertz CT molecular complexity index is 756. The largest absolute Gasteiger partial charge is 0.346 e. The zero-order valence-electron chi connectivity index (χ0n) is 10.7. The van der Waals surface area contributed by atoms with Crippen LogP contribution in [0.15, 0.2) is 42.2 Å². The van der Waals surface area contributed by atoms with Gasteiger partial charge in [0.1, 0.15) is 10.7 Å². The van der Waals surface area contributed by atoms with Gasteiger partial charge in [-0.3, -0.25) is 9.78 Å². The van der Waals surface area contributed by atoms with Gasteiger partial charge in [-0.05, 0) is 23.6 Å². The maximum atomic E-state index is 13.4. The second kappa shape index (κ2) is 5.80. The number of carbonyl (C=O) groups excluding carboxylic acids is 1. The number of nitrogens with one attached hydrogen (secondary N) is 1. The summed E-state index contributed by atoms with van der Waals surface area (Å²) in [5.41, 5.74) is 0.543. The van der Waals surface area contributed by atoms with Crippen LogP contribution in [0.25, 0.3) is 5.00 Å². The number of hydrogen-bond acceptors (Lipinski definition) is 5. The Hall–Kier alpha value is -2.61. The number of carbonyl (C=O) groups is 1. The Morgan fingerprint density at radius 1 is 1.43 bits per heavy atom. The van der Waals surface area contributed by atoms with Crippen molar-refractivity contribution in [2.45, 2.75) is 6.54 Å². The average Bonchev–Trinajstić information content (AvgIpc) is 3.16. The van der Waals surface area contributed by atoms with Gasteiger partial charge in [-0.25, -0.2) is 9.07 Å². The first-order valence-electron chi connectivity index (χ1n) is 6.07. The average molecular weight is 303 g/mol. The zero-order valence-corrected chi connectivity index (χ0v) is 11.5. The van der Waals surface area contributed by atoms with E-state index in [0.29, 0.717) is 5.69 Å². The molecule has 0 aliphatic rings. The Kier molecular flexibility index (Phi) is 3.69. The molecular weight excluding hydrogens is 293 g/mol. The molecule has 0 aromatic carbocycles. The Morgan fingerprint density at radius 3 is 3.10 bits per heavy atom. The van der Waals surface area contributed by atoms with Gasteiger partial charge in [-0.2, -0.15) is 0 Å². The van der Waals surface area contributed by atoms with Crippen molar-refractivity contribution in [1.29, 1.82) is 0 Å². The standard InChI is InChI=1S/C13H10FN5OS/c14-11-7-15-4-3-10(11)13(20)16-6-9-8-19(18-17-9)12-2-1-5-21-12/h1-5,7-8H,6H2,(H,16,20). The van der Waals surface area contributed by atoms with Crippen LogP contribution in [0.2, 0.25) is 0 Å². The molecule has 0 saturated carbocycles. The maximum Gasteiger partial charge on any atom is 0.254 e. The van der Waals surface area contributed by atoms with Crippen molar-refractivity contribution in [2.75, 3.05) is 0 Å². The van der Waals surface area contributed by atoms with Crippen LogP contribution in [0.5, 0.6) is 0 Å². The van der Waals surface area contributed by atoms with Gasteiger partial charge in [-0.15, -0.1) is 16.4 Å². The van der Waals surface area contributed by atoms with E-state index < -0.39 is 11.7 Å². The fraction of sp³-hybridized carbons (Fsp3) is 0.0769. The van der Waals surface area contributed by atoms with Crippen molar-refractivity contribution < 1.29 is 9.18 Å². The number of rotatable bonds is 4. The van der Waals surface area contributed by atoms with Crippen LogP contribution >= 0.6 is 11.3 Å². The molecule has 0 spiro atoms. The van der Waals surface area contributed by atoms with Crippen molar-refractivity contribution in [3.05, 3.63) is 59.2 Å². The fourth-order valence-corrected chi connectivity index (χ4v) is 2.36. The monoisotopic (exact) mass is 303 g/mol. The predicted molar refractivity (Wildman–Crippen MR) is 74.6 cm³/mol. The molecule has 3 aromatic heterocycles. The molecule has 0 bridgehead atoms. The summed E-state index contributed by atoms with van der Waals surface area (Å²) in [6.45, 7) is 0.173. The Morgan fingerprint density at radius 2 is 2.33 bits per heavy atom. The zero-order chi connectivity index (χ0) is 14.7. The molecule has 1 N–H and O–H groups in total. The van der Waals surface area contributed by atoms with Gasteiger partial charge < -0.3 is 5.32 Å². The lowest BCUT2D eigenvalue weighted by molar-refractivity contribution is 0.0946. The molecule has 0 saturated heterocycles. The van der Waals surface area contributed by atoms with Crippen molar-refractivity contribution in [2.24, 2.45) is 0 Å². The number of pyridine rings is 1. The molecule has 0 fully saturated rings. The van der Waals surface area contributed by atoms with Crippen LogP contribution in [0.4, 0.5) is 4.39 Å². The highest BCUT2D eigenvalue weighted by molar-refractivity contribution is 7.12. The quantitative estimate of drug-likeness (QED) is 0.797. The first-order valence-corrected chi connectivity index (χ1v) is 6.95. The number of aromatic nitrogens is 4. The van der Waals surface area contributed by atoms with Crippen LogP contribution in [0, 0.1) is 5.82 Å². The van der Waals surface area contributed by atoms with Gasteiger partial charge in [0, 0.05) is 6.20 Å². The summed E-state index contributed by atoms with van der Waals surface area (Å²) < 4.78 is 15.0. The van der Waals surface area contributed by atoms with E-state index in [4.69, 9.17) is 0 Å². The summed E-state index contributed by atoms with van der Waals surface area (Å²) in [6.07, 6.45) is 4.09. The lowest BCUT2D eigenvalue weighted by atomic mass is 10.2. The van der Waals surface area contributed by atoms with E-state index >= 15 is 0 Å². The van der Waals surface area contributed by atoms with Gasteiger partial charge in [-0.1, -0.05) is 5.21 Å². The molecule has 106 valence electrons. The highest BCUT2D eigenvalue weighted by Crippen LogP contribution is 2.13. The lowest BCUT2D eigenvalue weighted by Crippen LogP contribution is -2.24. The summed E-state index contributed by atoms with van der Waals surface area (Å²) in [7, 11) is 0. The molecule has 3 rings (SSSR count). The molecule has 0 unspecified atom stereocenters. The van der Waals surface area contributed by atoms with E-state index in [1.807, 2.05) is 17.5 Å². The van der Waals surface area contributed by atoms with Crippen molar-refractivity contribution >= 4 is 17.2 Å². The van der Waals surface area contributed by atoms with E-state index in [0.717, 1.165) is 11.2 Å². The van der Waals surface area contributed by atoms with E-state index in [1.54, 1.807) is 10.9 Å². The molecule has 8 heteroatoms. The fourth-order valence-electron chi connectivity index (χ4n) is 1.71. The predicted octanol–water partition coefficient (Wildman–Crippen LogP) is 1.79. The van der Waals surface area contributed by atoms with Crippen LogP contribution in [-0.4, -0.2) is 25.9 Å². The second-order valence-electron chi connectivity index (χ2n) is 4.14. The summed E-state index contributed by atoms with van der Waals surface area (Å²) in [5, 5.41) is 13.4. The van der Waals surface area contributed by atoms with Gasteiger partial charge in [0.2, 0.25) is 0 Å². The molecule has 0 radical (unpaired) electrons. The van der Waals surface area contributed by atoms with Crippen molar-refractivity contribution in [1.82, 2.24) is 25.3 Å². The molecular formula is C13H10FN5OS. The van der Waals surface area contributed by atoms with Crippen molar-refractivity contribution in [3.8, 4) is 5.00 Å². The molecule has 3 heterocycles. The third kappa shape index (κ3) is 2.95. The first-order chi connectivity index (χ1) is 10.2. The smallest absolute Gasteiger partial charge is 0.254 e. The third-order valence-electron chi connectivity index (χ3n) is 2.72. The maximum absolute atomic E-state index is 13.4. The highest BCUT2D eigenvalue weighted by Gasteiger charge is 2.12. The van der Waals surface area contributed by atoms with Gasteiger partial charge in [0.05, 0.1) is 24.5 Å². The molecule has 3 aromatic rings. The van der Waals surface area contributed by atoms with Gasteiger partial charge in [0.25, 0.3) is 5.91 Å².